The fraction of sp³-hybridized carbons (Fsp3) is 0.375. The van der Waals surface area contributed by atoms with Crippen molar-refractivity contribution in [2.45, 2.75) is 50.4 Å². The number of pyridine rings is 1. The van der Waals surface area contributed by atoms with E-state index in [1.807, 2.05) is 0 Å². The van der Waals surface area contributed by atoms with E-state index in [1.165, 1.54) is 30.1 Å². The van der Waals surface area contributed by atoms with Gasteiger partial charge in [-0.25, -0.2) is 22.8 Å². The Morgan fingerprint density at radius 2 is 1.98 bits per heavy atom. The first-order chi connectivity index (χ1) is 21.9. The van der Waals surface area contributed by atoms with Gasteiger partial charge in [0.2, 0.25) is 11.7 Å². The maximum Gasteiger partial charge on any atom is 0.251 e. The quantitative estimate of drug-likeness (QED) is 0.184. The fourth-order valence-corrected chi connectivity index (χ4v) is 5.74. The summed E-state index contributed by atoms with van der Waals surface area (Å²) in [5, 5.41) is 18.9. The van der Waals surface area contributed by atoms with Crippen LogP contribution in [0, 0.1) is 17.6 Å². The van der Waals surface area contributed by atoms with Crippen molar-refractivity contribution in [2.75, 3.05) is 20.3 Å². The summed E-state index contributed by atoms with van der Waals surface area (Å²) in [5.41, 5.74) is 4.24. The number of carbonyl (C=O) groups excluding carboxylic acids is 2. The van der Waals surface area contributed by atoms with Gasteiger partial charge in [-0.1, -0.05) is 11.6 Å². The average molecular weight is 658 g/mol. The highest BCUT2D eigenvalue weighted by molar-refractivity contribution is 6.31. The Hall–Kier alpha value is -4.36. The van der Waals surface area contributed by atoms with Crippen LogP contribution in [0.1, 0.15) is 54.2 Å². The van der Waals surface area contributed by atoms with Gasteiger partial charge in [-0.15, -0.1) is 0 Å². The van der Waals surface area contributed by atoms with Crippen molar-refractivity contribution < 1.29 is 37.3 Å². The predicted octanol–water partition coefficient (Wildman–Crippen LogP) is 4.91. The molecule has 2 amide bonds. The number of fused-ring (bicyclic) bond motifs is 1. The molecule has 10 nitrogen and oxygen atoms in total. The van der Waals surface area contributed by atoms with Crippen LogP contribution in [0.4, 0.5) is 13.2 Å². The Labute approximate surface area is 266 Å². The Morgan fingerprint density at radius 1 is 1.24 bits per heavy atom. The number of halogens is 4. The lowest BCUT2D eigenvalue weighted by molar-refractivity contribution is -0.117. The number of aliphatic hydroxyl groups is 1. The minimum absolute atomic E-state index is 0.0241. The van der Waals surface area contributed by atoms with Gasteiger partial charge in [-0.3, -0.25) is 9.59 Å². The lowest BCUT2D eigenvalue weighted by Gasteiger charge is -2.30. The van der Waals surface area contributed by atoms with Gasteiger partial charge in [0.15, 0.2) is 5.82 Å². The van der Waals surface area contributed by atoms with Gasteiger partial charge >= 0.3 is 0 Å². The molecule has 2 aromatic heterocycles. The number of hydrogen-bond donors (Lipinski definition) is 3. The van der Waals surface area contributed by atoms with Gasteiger partial charge in [0, 0.05) is 41.1 Å². The summed E-state index contributed by atoms with van der Waals surface area (Å²) in [6, 6.07) is 6.58. The average Bonchev–Trinajstić information content (AvgIpc) is 3.97. The van der Waals surface area contributed by atoms with Crippen molar-refractivity contribution in [3.8, 4) is 22.8 Å². The van der Waals surface area contributed by atoms with Crippen LogP contribution in [-0.2, 0) is 22.6 Å². The van der Waals surface area contributed by atoms with Crippen LogP contribution >= 0.6 is 11.6 Å². The number of nitrogens with zero attached hydrogens (tertiary/aromatic N) is 3. The van der Waals surface area contributed by atoms with E-state index in [4.69, 9.17) is 26.8 Å². The fourth-order valence-electron chi connectivity index (χ4n) is 5.57. The summed E-state index contributed by atoms with van der Waals surface area (Å²) in [6.07, 6.45) is 3.08. The van der Waals surface area contributed by atoms with Gasteiger partial charge in [-0.2, -0.15) is 5.10 Å². The molecule has 14 heteroatoms. The second-order valence-electron chi connectivity index (χ2n) is 11.6. The maximum atomic E-state index is 15.3. The lowest BCUT2D eigenvalue weighted by Crippen LogP contribution is -2.43. The van der Waals surface area contributed by atoms with E-state index in [2.05, 4.69) is 15.4 Å². The van der Waals surface area contributed by atoms with Gasteiger partial charge in [-0.05, 0) is 56.0 Å². The number of ether oxygens (including phenoxy) is 2. The maximum absolute atomic E-state index is 15.3. The molecule has 0 saturated heterocycles. The zero-order chi connectivity index (χ0) is 33.0. The molecule has 0 bridgehead atoms. The highest BCUT2D eigenvalue weighted by Crippen LogP contribution is 2.48. The molecule has 1 atom stereocenters. The molecule has 6 rings (SSSR count). The lowest BCUT2D eigenvalue weighted by atomic mass is 9.90. The molecule has 242 valence electrons. The van der Waals surface area contributed by atoms with E-state index in [1.54, 1.807) is 13.0 Å². The predicted molar refractivity (Wildman–Crippen MR) is 162 cm³/mol. The second kappa shape index (κ2) is 11.8. The van der Waals surface area contributed by atoms with Gasteiger partial charge in [0.05, 0.1) is 32.4 Å². The zero-order valence-electron chi connectivity index (χ0n) is 25.0. The first kappa shape index (κ1) is 31.6. The molecule has 2 aliphatic carbocycles. The number of amides is 2. The number of hydrogen-bond acceptors (Lipinski definition) is 7. The number of rotatable bonds is 12. The third-order valence-corrected chi connectivity index (χ3v) is 8.68. The SMILES string of the molecule is CCOc1c(CC(N)=O)cc([C@@](O)(CNC(=O)c2cc(OC)c3nn(C4(F)CC4)cc3c2)C2CC2)nc1-c1ccc(F)c(Cl)c1F. The summed E-state index contributed by atoms with van der Waals surface area (Å²) in [7, 11) is 1.42. The topological polar surface area (TPSA) is 142 Å². The van der Waals surface area contributed by atoms with Crippen molar-refractivity contribution in [1.82, 2.24) is 20.1 Å². The van der Waals surface area contributed by atoms with Crippen LogP contribution in [-0.4, -0.2) is 51.9 Å². The summed E-state index contributed by atoms with van der Waals surface area (Å²) in [5.74, 6) is -4.96. The number of alkyl halides is 1. The molecule has 4 N–H and O–H groups in total. The summed E-state index contributed by atoms with van der Waals surface area (Å²) < 4.78 is 56.5. The first-order valence-corrected chi connectivity index (χ1v) is 15.1. The molecule has 2 heterocycles. The summed E-state index contributed by atoms with van der Waals surface area (Å²) >= 11 is 5.88. The van der Waals surface area contributed by atoms with Crippen molar-refractivity contribution in [3.05, 3.63) is 70.0 Å². The number of nitrogens with two attached hydrogens (primary N) is 1. The smallest absolute Gasteiger partial charge is 0.251 e. The molecule has 0 spiro atoms. The van der Waals surface area contributed by atoms with Crippen LogP contribution in [0.3, 0.4) is 0 Å². The molecular formula is C32H31ClF3N5O5. The molecule has 2 fully saturated rings. The molecule has 0 aliphatic heterocycles. The Balaban J connectivity index is 1.38. The minimum atomic E-state index is -1.77. The highest BCUT2D eigenvalue weighted by Gasteiger charge is 2.48. The Kier molecular flexibility index (Phi) is 8.09. The van der Waals surface area contributed by atoms with Crippen molar-refractivity contribution in [1.29, 1.82) is 0 Å². The van der Waals surface area contributed by atoms with E-state index in [0.29, 0.717) is 36.6 Å². The molecule has 0 radical (unpaired) electrons. The van der Waals surface area contributed by atoms with E-state index in [0.717, 1.165) is 12.1 Å². The van der Waals surface area contributed by atoms with Crippen LogP contribution < -0.4 is 20.5 Å². The standard InChI is InChI=1S/C32H31ClF3N5O5/c1-3-46-29-16(13-24(37)42)12-23(39-28(29)20-6-7-21(34)25(33)26(20)35)32(44,19-4-5-19)15-38-30(43)17-10-18-14-41(31(36)8-9-31)40-27(18)22(11-17)45-2/h6-7,10-12,14,19,44H,3-5,8-9,13,15H2,1-2H3,(H2,37,42)(H,38,43)/t32-/m1/s1. The number of primary amides is 1. The third-order valence-electron chi connectivity index (χ3n) is 8.34. The number of methoxy groups -OCH3 is 1. The van der Waals surface area contributed by atoms with Gasteiger partial charge in [0.25, 0.3) is 5.91 Å². The van der Waals surface area contributed by atoms with Crippen LogP contribution in [0.15, 0.2) is 36.5 Å². The summed E-state index contributed by atoms with van der Waals surface area (Å²) in [6.45, 7) is 1.47. The minimum Gasteiger partial charge on any atom is -0.494 e. The summed E-state index contributed by atoms with van der Waals surface area (Å²) in [4.78, 5) is 30.1. The third kappa shape index (κ3) is 5.73. The highest BCUT2D eigenvalue weighted by atomic mass is 35.5. The number of aromatic nitrogens is 3. The number of carbonyl (C=O) groups is 2. The van der Waals surface area contributed by atoms with Gasteiger partial charge < -0.3 is 25.6 Å². The number of nitrogens with one attached hydrogen (secondary N) is 1. The molecule has 0 unspecified atom stereocenters. The van der Waals surface area contributed by atoms with E-state index < -0.39 is 39.9 Å². The molecule has 4 aromatic rings. The first-order valence-electron chi connectivity index (χ1n) is 14.7. The monoisotopic (exact) mass is 657 g/mol. The van der Waals surface area contributed by atoms with Gasteiger partial charge in [0.1, 0.15) is 39.2 Å². The Morgan fingerprint density at radius 3 is 2.61 bits per heavy atom. The van der Waals surface area contributed by atoms with Crippen molar-refractivity contribution >= 4 is 34.3 Å². The van der Waals surface area contributed by atoms with E-state index in [9.17, 15) is 23.5 Å². The zero-order valence-corrected chi connectivity index (χ0v) is 25.8. The van der Waals surface area contributed by atoms with Crippen LogP contribution in [0.2, 0.25) is 5.02 Å². The van der Waals surface area contributed by atoms with Crippen molar-refractivity contribution in [2.24, 2.45) is 11.7 Å². The number of benzene rings is 2. The van der Waals surface area contributed by atoms with E-state index >= 15 is 4.39 Å². The van der Waals surface area contributed by atoms with Crippen molar-refractivity contribution in [3.63, 3.8) is 0 Å². The normalized spacial score (nSPS) is 16.6. The molecule has 2 aliphatic rings. The second-order valence-corrected chi connectivity index (χ2v) is 12.0. The largest absolute Gasteiger partial charge is 0.494 e. The van der Waals surface area contributed by atoms with Crippen LogP contribution in [0.5, 0.6) is 11.5 Å². The molecule has 2 saturated carbocycles. The molecule has 46 heavy (non-hydrogen) atoms. The Bertz CT molecular complexity index is 1880. The van der Waals surface area contributed by atoms with Crippen LogP contribution in [0.25, 0.3) is 22.2 Å². The van der Waals surface area contributed by atoms with E-state index in [-0.39, 0.29) is 65.1 Å². The molecule has 2 aromatic carbocycles. The molecular weight excluding hydrogens is 627 g/mol.